The number of alkyl halides is 3. The first-order valence-corrected chi connectivity index (χ1v) is 7.91. The average Bonchev–Trinajstić information content (AvgIpc) is 2.69. The Kier molecular flexibility index (Phi) is 4.50. The van der Waals surface area contributed by atoms with Gasteiger partial charge in [-0.25, -0.2) is 0 Å². The SMILES string of the molecule is CCn1nc(C)c(C(=O)N2CC(C)(C)OC(C)(C(F)(F)F)C2)c1C. The smallest absolute Gasteiger partial charge is 0.356 e. The van der Waals surface area contributed by atoms with Gasteiger partial charge in [0.25, 0.3) is 5.91 Å². The van der Waals surface area contributed by atoms with E-state index in [-0.39, 0.29) is 6.54 Å². The molecule has 2 heterocycles. The second kappa shape index (κ2) is 5.75. The Morgan fingerprint density at radius 2 is 1.83 bits per heavy atom. The molecule has 0 saturated carbocycles. The van der Waals surface area contributed by atoms with E-state index in [2.05, 4.69) is 5.10 Å². The number of carbonyl (C=O) groups excluding carboxylic acids is 1. The molecule has 0 bridgehead atoms. The van der Waals surface area contributed by atoms with Gasteiger partial charge in [0.2, 0.25) is 0 Å². The zero-order valence-electron chi connectivity index (χ0n) is 14.9. The predicted octanol–water partition coefficient (Wildman–Crippen LogP) is 3.09. The second-order valence-corrected chi connectivity index (χ2v) is 7.11. The van der Waals surface area contributed by atoms with Crippen LogP contribution in [0.1, 0.15) is 49.4 Å². The number of amides is 1. The van der Waals surface area contributed by atoms with Gasteiger partial charge in [0, 0.05) is 18.8 Å². The van der Waals surface area contributed by atoms with Crippen molar-refractivity contribution in [3.63, 3.8) is 0 Å². The van der Waals surface area contributed by atoms with Gasteiger partial charge in [-0.1, -0.05) is 0 Å². The molecule has 0 radical (unpaired) electrons. The number of aromatic nitrogens is 2. The van der Waals surface area contributed by atoms with Crippen LogP contribution in [0.25, 0.3) is 0 Å². The molecular weight excluding hydrogens is 323 g/mol. The Balaban J connectivity index is 2.41. The first kappa shape index (κ1) is 18.8. The summed E-state index contributed by atoms with van der Waals surface area (Å²) in [5.41, 5.74) is -1.93. The lowest BCUT2D eigenvalue weighted by Gasteiger charge is -2.48. The summed E-state index contributed by atoms with van der Waals surface area (Å²) in [5, 5.41) is 4.28. The lowest BCUT2D eigenvalue weighted by atomic mass is 9.95. The molecule has 1 fully saturated rings. The Hall–Kier alpha value is -1.57. The minimum Gasteiger partial charge on any atom is -0.356 e. The zero-order chi connectivity index (χ0) is 18.5. The quantitative estimate of drug-likeness (QED) is 0.826. The number of rotatable bonds is 2. The summed E-state index contributed by atoms with van der Waals surface area (Å²) in [6.45, 7) is 9.61. The fraction of sp³-hybridized carbons (Fsp3) is 0.750. The van der Waals surface area contributed by atoms with Crippen LogP contribution < -0.4 is 0 Å². The topological polar surface area (TPSA) is 47.4 Å². The third-order valence-electron chi connectivity index (χ3n) is 4.35. The maximum Gasteiger partial charge on any atom is 0.418 e. The van der Waals surface area contributed by atoms with Crippen LogP contribution in [-0.4, -0.2) is 51.1 Å². The van der Waals surface area contributed by atoms with Gasteiger partial charge < -0.3 is 9.64 Å². The van der Waals surface area contributed by atoms with Crippen molar-refractivity contribution in [2.75, 3.05) is 13.1 Å². The van der Waals surface area contributed by atoms with Gasteiger partial charge in [0.1, 0.15) is 0 Å². The molecule has 0 aromatic carbocycles. The summed E-state index contributed by atoms with van der Waals surface area (Å²) in [5.74, 6) is -0.434. The fourth-order valence-corrected chi connectivity index (χ4v) is 3.32. The summed E-state index contributed by atoms with van der Waals surface area (Å²) >= 11 is 0. The minimum atomic E-state index is -4.57. The van der Waals surface area contributed by atoms with Gasteiger partial charge in [-0.05, 0) is 41.5 Å². The van der Waals surface area contributed by atoms with Crippen LogP contribution in [0, 0.1) is 13.8 Å². The maximum atomic E-state index is 13.4. The standard InChI is InChI=1S/C16H24F3N3O2/c1-7-22-11(3)12(10(2)20-22)13(23)21-8-14(4,5)24-15(6,9-21)16(17,18)19/h7-9H2,1-6H3. The largest absolute Gasteiger partial charge is 0.418 e. The van der Waals surface area contributed by atoms with Crippen LogP contribution in [0.15, 0.2) is 0 Å². The number of aryl methyl sites for hydroxylation is 2. The van der Waals surface area contributed by atoms with E-state index < -0.39 is 29.8 Å². The first-order chi connectivity index (χ1) is 10.8. The molecule has 24 heavy (non-hydrogen) atoms. The molecule has 0 N–H and O–H groups in total. The highest BCUT2D eigenvalue weighted by Crippen LogP contribution is 2.41. The molecule has 0 aliphatic carbocycles. The van der Waals surface area contributed by atoms with Crippen molar-refractivity contribution in [3.8, 4) is 0 Å². The van der Waals surface area contributed by atoms with Crippen molar-refractivity contribution in [1.82, 2.24) is 14.7 Å². The van der Waals surface area contributed by atoms with Gasteiger partial charge in [-0.2, -0.15) is 18.3 Å². The van der Waals surface area contributed by atoms with Crippen LogP contribution in [-0.2, 0) is 11.3 Å². The summed E-state index contributed by atoms with van der Waals surface area (Å²) in [7, 11) is 0. The molecule has 1 atom stereocenters. The van der Waals surface area contributed by atoms with Crippen molar-refractivity contribution < 1.29 is 22.7 Å². The van der Waals surface area contributed by atoms with Gasteiger partial charge in [-0.15, -0.1) is 0 Å². The summed E-state index contributed by atoms with van der Waals surface area (Å²) in [4.78, 5) is 14.2. The second-order valence-electron chi connectivity index (χ2n) is 7.11. The molecular formula is C16H24F3N3O2. The number of morpholine rings is 1. The van der Waals surface area contributed by atoms with Crippen molar-refractivity contribution >= 4 is 5.91 Å². The molecule has 5 nitrogen and oxygen atoms in total. The Morgan fingerprint density at radius 1 is 1.25 bits per heavy atom. The van der Waals surface area contributed by atoms with Crippen LogP contribution >= 0.6 is 0 Å². The molecule has 0 spiro atoms. The molecule has 2 rings (SSSR count). The van der Waals surface area contributed by atoms with E-state index in [0.717, 1.165) is 6.92 Å². The number of hydrogen-bond acceptors (Lipinski definition) is 3. The average molecular weight is 347 g/mol. The van der Waals surface area contributed by atoms with Crippen LogP contribution in [0.3, 0.4) is 0 Å². The van der Waals surface area contributed by atoms with E-state index in [4.69, 9.17) is 4.74 Å². The van der Waals surface area contributed by atoms with Gasteiger partial charge >= 0.3 is 6.18 Å². The monoisotopic (exact) mass is 347 g/mol. The molecule has 1 unspecified atom stereocenters. The van der Waals surface area contributed by atoms with Crippen LogP contribution in [0.5, 0.6) is 0 Å². The molecule has 1 aliphatic heterocycles. The van der Waals surface area contributed by atoms with Crippen LogP contribution in [0.4, 0.5) is 13.2 Å². The number of nitrogens with zero attached hydrogens (tertiary/aromatic N) is 3. The predicted molar refractivity (Wildman–Crippen MR) is 82.9 cm³/mol. The minimum absolute atomic E-state index is 0.0910. The van der Waals surface area contributed by atoms with E-state index in [1.807, 2.05) is 6.92 Å². The molecule has 8 heteroatoms. The van der Waals surface area contributed by atoms with Gasteiger partial charge in [0.05, 0.1) is 23.4 Å². The van der Waals surface area contributed by atoms with E-state index in [0.29, 0.717) is 23.5 Å². The van der Waals surface area contributed by atoms with E-state index in [1.54, 1.807) is 32.4 Å². The molecule has 1 amide bonds. The first-order valence-electron chi connectivity index (χ1n) is 7.91. The van der Waals surface area contributed by atoms with E-state index >= 15 is 0 Å². The van der Waals surface area contributed by atoms with Gasteiger partial charge in [0.15, 0.2) is 5.60 Å². The lowest BCUT2D eigenvalue weighted by molar-refractivity contribution is -0.318. The van der Waals surface area contributed by atoms with E-state index in [9.17, 15) is 18.0 Å². The molecule has 1 aliphatic rings. The summed E-state index contributed by atoms with van der Waals surface area (Å²) < 4.78 is 47.3. The van der Waals surface area contributed by atoms with Crippen LogP contribution in [0.2, 0.25) is 0 Å². The van der Waals surface area contributed by atoms with Crippen molar-refractivity contribution in [3.05, 3.63) is 17.0 Å². The molecule has 136 valence electrons. The molecule has 1 aromatic rings. The number of halogens is 3. The highest BCUT2D eigenvalue weighted by Gasteiger charge is 2.58. The fourth-order valence-electron chi connectivity index (χ4n) is 3.32. The number of hydrogen-bond donors (Lipinski definition) is 0. The summed E-state index contributed by atoms with van der Waals surface area (Å²) in [6, 6.07) is 0. The normalized spacial score (nSPS) is 24.3. The van der Waals surface area contributed by atoms with E-state index in [1.165, 1.54) is 4.90 Å². The van der Waals surface area contributed by atoms with Gasteiger partial charge in [-0.3, -0.25) is 9.48 Å². The molecule has 1 saturated heterocycles. The highest BCUT2D eigenvalue weighted by atomic mass is 19.4. The highest BCUT2D eigenvalue weighted by molar-refractivity contribution is 5.96. The Bertz CT molecular complexity index is 652. The van der Waals surface area contributed by atoms with Crippen molar-refractivity contribution in [2.45, 2.75) is 65.5 Å². The lowest BCUT2D eigenvalue weighted by Crippen LogP contribution is -2.65. The molecule has 1 aromatic heterocycles. The number of ether oxygens (including phenoxy) is 1. The summed E-state index contributed by atoms with van der Waals surface area (Å²) in [6.07, 6.45) is -4.57. The number of carbonyl (C=O) groups is 1. The Morgan fingerprint density at radius 3 is 2.29 bits per heavy atom. The third-order valence-corrected chi connectivity index (χ3v) is 4.35. The Labute approximate surface area is 139 Å². The van der Waals surface area contributed by atoms with Crippen molar-refractivity contribution in [1.29, 1.82) is 0 Å². The zero-order valence-corrected chi connectivity index (χ0v) is 14.9. The maximum absolute atomic E-state index is 13.4. The van der Waals surface area contributed by atoms with Crippen molar-refractivity contribution in [2.24, 2.45) is 0 Å². The third kappa shape index (κ3) is 3.16.